The Balaban J connectivity index is 2.21. The molecule has 0 bridgehead atoms. The van der Waals surface area contributed by atoms with Crippen LogP contribution in [0.25, 0.3) is 0 Å². The third-order valence-corrected chi connectivity index (χ3v) is 4.55. The minimum atomic E-state index is 0.221. The van der Waals surface area contributed by atoms with E-state index in [0.29, 0.717) is 5.88 Å². The Hall–Kier alpha value is 0.430. The molecule has 1 aromatic heterocycles. The van der Waals surface area contributed by atoms with Crippen molar-refractivity contribution < 1.29 is 4.74 Å². The monoisotopic (exact) mass is 280 g/mol. The van der Waals surface area contributed by atoms with E-state index >= 15 is 0 Å². The van der Waals surface area contributed by atoms with E-state index in [0.717, 1.165) is 24.1 Å². The minimum absolute atomic E-state index is 0.221. The number of ether oxygens (including phenoxy) is 1. The maximum Gasteiger partial charge on any atom is 0.0594 e. The summed E-state index contributed by atoms with van der Waals surface area (Å²) in [5.74, 6) is 0.707. The van der Waals surface area contributed by atoms with Crippen molar-refractivity contribution in [3.05, 3.63) is 20.8 Å². The lowest BCUT2D eigenvalue weighted by Gasteiger charge is -2.40. The third-order valence-electron chi connectivity index (χ3n) is 2.42. The van der Waals surface area contributed by atoms with Crippen LogP contribution in [0.1, 0.15) is 11.3 Å². The summed E-state index contributed by atoms with van der Waals surface area (Å²) in [6, 6.07) is 2.18. The van der Waals surface area contributed by atoms with Gasteiger partial charge in [0, 0.05) is 20.6 Å². The summed E-state index contributed by atoms with van der Waals surface area (Å²) in [5.41, 5.74) is 0.221. The molecule has 1 aliphatic rings. The lowest BCUT2D eigenvalue weighted by atomic mass is 9.82. The predicted octanol–water partition coefficient (Wildman–Crippen LogP) is 3.41. The maximum atomic E-state index is 5.79. The number of hydrogen-bond donors (Lipinski definition) is 0. The average Bonchev–Trinajstić information content (AvgIpc) is 2.44. The Labute approximate surface area is 95.2 Å². The second-order valence-corrected chi connectivity index (χ2v) is 5.55. The summed E-state index contributed by atoms with van der Waals surface area (Å²) in [6.07, 6.45) is 1.02. The van der Waals surface area contributed by atoms with Gasteiger partial charge >= 0.3 is 0 Å². The summed E-state index contributed by atoms with van der Waals surface area (Å²) in [4.78, 5) is 1.39. The van der Waals surface area contributed by atoms with E-state index in [2.05, 4.69) is 27.4 Å². The molecule has 0 saturated carbocycles. The third kappa shape index (κ3) is 1.80. The van der Waals surface area contributed by atoms with Crippen molar-refractivity contribution in [2.75, 3.05) is 19.1 Å². The molecule has 0 unspecified atom stereocenters. The molecule has 1 fully saturated rings. The first-order chi connectivity index (χ1) is 6.27. The van der Waals surface area contributed by atoms with Crippen LogP contribution < -0.4 is 0 Å². The molecule has 72 valence electrons. The van der Waals surface area contributed by atoms with Crippen molar-refractivity contribution in [3.8, 4) is 0 Å². The van der Waals surface area contributed by atoms with Crippen molar-refractivity contribution in [2.24, 2.45) is 0 Å². The van der Waals surface area contributed by atoms with Crippen LogP contribution in [0.5, 0.6) is 0 Å². The van der Waals surface area contributed by atoms with E-state index in [9.17, 15) is 0 Å². The van der Waals surface area contributed by atoms with Gasteiger partial charge in [-0.1, -0.05) is 0 Å². The van der Waals surface area contributed by atoms with Gasteiger partial charge in [-0.3, -0.25) is 0 Å². The van der Waals surface area contributed by atoms with Crippen LogP contribution in [-0.2, 0) is 10.2 Å². The summed E-state index contributed by atoms with van der Waals surface area (Å²) < 4.78 is 6.45. The Kier molecular flexibility index (Phi) is 2.98. The van der Waals surface area contributed by atoms with Crippen molar-refractivity contribution >= 4 is 38.9 Å². The average molecular weight is 282 g/mol. The standard InChI is InChI=1S/C9H10BrClOS/c10-7-3-8(13-4-7)9(1-2-11)5-12-6-9/h3-4H,1-2,5-6H2. The van der Waals surface area contributed by atoms with E-state index in [1.54, 1.807) is 11.3 Å². The molecular formula is C9H10BrClOS. The highest BCUT2D eigenvalue weighted by molar-refractivity contribution is 9.10. The molecule has 0 radical (unpaired) electrons. The van der Waals surface area contributed by atoms with Crippen LogP contribution in [0, 0.1) is 0 Å². The molecule has 1 saturated heterocycles. The number of thiophene rings is 1. The van der Waals surface area contributed by atoms with Crippen molar-refractivity contribution in [1.29, 1.82) is 0 Å². The number of hydrogen-bond acceptors (Lipinski definition) is 2. The zero-order valence-corrected chi connectivity index (χ0v) is 10.2. The summed E-state index contributed by atoms with van der Waals surface area (Å²) >= 11 is 11.0. The van der Waals surface area contributed by atoms with Crippen LogP contribution in [0.15, 0.2) is 15.9 Å². The molecule has 0 N–H and O–H groups in total. The molecule has 13 heavy (non-hydrogen) atoms. The van der Waals surface area contributed by atoms with Crippen molar-refractivity contribution in [2.45, 2.75) is 11.8 Å². The largest absolute Gasteiger partial charge is 0.379 e. The normalized spacial score (nSPS) is 19.8. The van der Waals surface area contributed by atoms with Gasteiger partial charge in [-0.25, -0.2) is 0 Å². The van der Waals surface area contributed by atoms with Gasteiger partial charge in [0.2, 0.25) is 0 Å². The lowest BCUT2D eigenvalue weighted by molar-refractivity contribution is -0.0597. The zero-order chi connectivity index (χ0) is 9.31. The minimum Gasteiger partial charge on any atom is -0.379 e. The van der Waals surface area contributed by atoms with Crippen molar-refractivity contribution in [3.63, 3.8) is 0 Å². The van der Waals surface area contributed by atoms with Gasteiger partial charge in [0.15, 0.2) is 0 Å². The second-order valence-electron chi connectivity index (χ2n) is 3.34. The SMILES string of the molecule is ClCCC1(c2cc(Br)cs2)COC1. The van der Waals surface area contributed by atoms with E-state index in [4.69, 9.17) is 16.3 Å². The first-order valence-corrected chi connectivity index (χ1v) is 6.36. The molecule has 0 atom stereocenters. The Morgan fingerprint density at radius 3 is 2.77 bits per heavy atom. The van der Waals surface area contributed by atoms with Gasteiger partial charge < -0.3 is 4.74 Å². The smallest absolute Gasteiger partial charge is 0.0594 e. The molecule has 0 aromatic carbocycles. The number of rotatable bonds is 3. The molecule has 0 amide bonds. The fraction of sp³-hybridized carbons (Fsp3) is 0.556. The van der Waals surface area contributed by atoms with E-state index in [-0.39, 0.29) is 5.41 Å². The second kappa shape index (κ2) is 3.89. The molecule has 4 heteroatoms. The predicted molar refractivity (Wildman–Crippen MR) is 59.9 cm³/mol. The zero-order valence-electron chi connectivity index (χ0n) is 7.06. The number of halogens is 2. The van der Waals surface area contributed by atoms with E-state index < -0.39 is 0 Å². The van der Waals surface area contributed by atoms with E-state index in [1.807, 2.05) is 0 Å². The first-order valence-electron chi connectivity index (χ1n) is 4.15. The molecule has 2 heterocycles. The topological polar surface area (TPSA) is 9.23 Å². The lowest BCUT2D eigenvalue weighted by Crippen LogP contribution is -2.46. The Morgan fingerprint density at radius 1 is 1.62 bits per heavy atom. The summed E-state index contributed by atoms with van der Waals surface area (Å²) in [5, 5.41) is 2.11. The van der Waals surface area contributed by atoms with Gasteiger partial charge in [-0.2, -0.15) is 0 Å². The first kappa shape index (κ1) is 9.97. The highest BCUT2D eigenvalue weighted by Gasteiger charge is 2.40. The van der Waals surface area contributed by atoms with Crippen LogP contribution in [0.4, 0.5) is 0 Å². The van der Waals surface area contributed by atoms with Gasteiger partial charge in [0.05, 0.1) is 18.6 Å². The molecule has 0 spiro atoms. The molecule has 1 nitrogen and oxygen atoms in total. The van der Waals surface area contributed by atoms with Gasteiger partial charge in [-0.15, -0.1) is 22.9 Å². The fourth-order valence-corrected chi connectivity index (χ4v) is 3.53. The van der Waals surface area contributed by atoms with E-state index in [1.165, 1.54) is 4.88 Å². The Bertz CT molecular complexity index is 296. The highest BCUT2D eigenvalue weighted by atomic mass is 79.9. The Morgan fingerprint density at radius 2 is 2.38 bits per heavy atom. The van der Waals surface area contributed by atoms with Crippen LogP contribution in [0.3, 0.4) is 0 Å². The molecule has 2 rings (SSSR count). The quantitative estimate of drug-likeness (QED) is 0.772. The van der Waals surface area contributed by atoms with Crippen LogP contribution in [-0.4, -0.2) is 19.1 Å². The van der Waals surface area contributed by atoms with Gasteiger partial charge in [0.1, 0.15) is 0 Å². The maximum absolute atomic E-state index is 5.79. The molecule has 1 aromatic rings. The molecule has 1 aliphatic heterocycles. The molecule has 0 aliphatic carbocycles. The summed E-state index contributed by atoms with van der Waals surface area (Å²) in [7, 11) is 0. The van der Waals surface area contributed by atoms with Crippen molar-refractivity contribution in [1.82, 2.24) is 0 Å². The number of alkyl halides is 1. The van der Waals surface area contributed by atoms with Gasteiger partial charge in [0.25, 0.3) is 0 Å². The highest BCUT2D eigenvalue weighted by Crippen LogP contribution is 2.40. The summed E-state index contributed by atoms with van der Waals surface area (Å²) in [6.45, 7) is 1.65. The van der Waals surface area contributed by atoms with Crippen LogP contribution in [0.2, 0.25) is 0 Å². The van der Waals surface area contributed by atoms with Crippen LogP contribution >= 0.6 is 38.9 Å². The fourth-order valence-electron chi connectivity index (χ4n) is 1.53. The molecular weight excluding hydrogens is 272 g/mol. The van der Waals surface area contributed by atoms with Gasteiger partial charge in [-0.05, 0) is 28.4 Å².